The lowest BCUT2D eigenvalue weighted by atomic mass is 9.77. The predicted molar refractivity (Wildman–Crippen MR) is 73.4 cm³/mol. The molecule has 1 aliphatic rings. The van der Waals surface area contributed by atoms with Gasteiger partial charge >= 0.3 is 0 Å². The van der Waals surface area contributed by atoms with Crippen LogP contribution >= 0.6 is 11.6 Å². The average molecular weight is 260 g/mol. The molecule has 17 heavy (non-hydrogen) atoms. The van der Waals surface area contributed by atoms with E-state index < -0.39 is 0 Å². The van der Waals surface area contributed by atoms with E-state index in [1.165, 1.54) is 12.8 Å². The smallest absolute Gasteiger partial charge is 0.220 e. The Morgan fingerprint density at radius 1 is 1.47 bits per heavy atom. The highest BCUT2D eigenvalue weighted by Gasteiger charge is 2.35. The topological polar surface area (TPSA) is 29.1 Å². The summed E-state index contributed by atoms with van der Waals surface area (Å²) in [5.41, 5.74) is -0.122. The minimum absolute atomic E-state index is 0.122. The second-order valence-electron chi connectivity index (χ2n) is 5.62. The molecule has 0 heterocycles. The Hall–Kier alpha value is -0.240. The molecule has 0 bridgehead atoms. The molecule has 100 valence electrons. The van der Waals surface area contributed by atoms with E-state index in [2.05, 4.69) is 19.2 Å². The van der Waals surface area contributed by atoms with E-state index in [4.69, 9.17) is 11.6 Å². The van der Waals surface area contributed by atoms with Gasteiger partial charge in [-0.05, 0) is 25.2 Å². The van der Waals surface area contributed by atoms with Gasteiger partial charge in [-0.15, -0.1) is 11.6 Å². The molecule has 1 fully saturated rings. The van der Waals surface area contributed by atoms with Gasteiger partial charge in [-0.1, -0.05) is 39.5 Å². The van der Waals surface area contributed by atoms with Crippen molar-refractivity contribution in [2.45, 2.75) is 70.8 Å². The van der Waals surface area contributed by atoms with Crippen LogP contribution in [-0.2, 0) is 4.79 Å². The maximum absolute atomic E-state index is 11.9. The van der Waals surface area contributed by atoms with Crippen molar-refractivity contribution in [3.63, 3.8) is 0 Å². The van der Waals surface area contributed by atoms with E-state index in [1.54, 1.807) is 0 Å². The molecule has 2 atom stereocenters. The van der Waals surface area contributed by atoms with Crippen LogP contribution in [0.3, 0.4) is 0 Å². The lowest BCUT2D eigenvalue weighted by Gasteiger charge is -2.39. The van der Waals surface area contributed by atoms with Crippen molar-refractivity contribution in [3.05, 3.63) is 0 Å². The third-order valence-corrected chi connectivity index (χ3v) is 4.27. The van der Waals surface area contributed by atoms with Crippen LogP contribution in [0.1, 0.15) is 65.2 Å². The first kappa shape index (κ1) is 14.8. The second-order valence-corrected chi connectivity index (χ2v) is 5.89. The molecule has 0 radical (unpaired) electrons. The maximum atomic E-state index is 11.9. The molecule has 1 rings (SSSR count). The number of amides is 1. The number of unbranched alkanes of at least 4 members (excludes halogenated alkanes) is 2. The number of nitrogens with one attached hydrogen (secondary N) is 1. The number of carbonyl (C=O) groups is 1. The van der Waals surface area contributed by atoms with Gasteiger partial charge in [-0.25, -0.2) is 0 Å². The van der Waals surface area contributed by atoms with Gasteiger partial charge in [0.15, 0.2) is 0 Å². The SMILES string of the molecule is CCCCCC(=O)NC1(CCl)CCCC(C)C1. The van der Waals surface area contributed by atoms with Crippen LogP contribution in [0.25, 0.3) is 0 Å². The van der Waals surface area contributed by atoms with Gasteiger partial charge < -0.3 is 5.32 Å². The summed E-state index contributed by atoms with van der Waals surface area (Å²) in [5.74, 6) is 1.42. The summed E-state index contributed by atoms with van der Waals surface area (Å²) >= 11 is 6.09. The van der Waals surface area contributed by atoms with Crippen LogP contribution in [0.4, 0.5) is 0 Å². The standard InChI is InChI=1S/C14H26ClNO/c1-3-4-5-8-13(17)16-14(11-15)9-6-7-12(2)10-14/h12H,3-11H2,1-2H3,(H,16,17). The molecule has 0 saturated heterocycles. The van der Waals surface area contributed by atoms with E-state index in [9.17, 15) is 4.79 Å². The molecule has 1 amide bonds. The van der Waals surface area contributed by atoms with Gasteiger partial charge in [0, 0.05) is 12.3 Å². The number of halogens is 1. The maximum Gasteiger partial charge on any atom is 0.220 e. The highest BCUT2D eigenvalue weighted by atomic mass is 35.5. The van der Waals surface area contributed by atoms with Gasteiger partial charge in [0.05, 0.1) is 5.54 Å². The Bertz CT molecular complexity index is 244. The van der Waals surface area contributed by atoms with E-state index >= 15 is 0 Å². The number of hydrogen-bond acceptors (Lipinski definition) is 1. The molecule has 0 aromatic carbocycles. The third-order valence-electron chi connectivity index (χ3n) is 3.76. The summed E-state index contributed by atoms with van der Waals surface area (Å²) in [6.45, 7) is 4.41. The molecule has 0 aromatic rings. The number of rotatable bonds is 6. The molecular weight excluding hydrogens is 234 g/mol. The number of hydrogen-bond donors (Lipinski definition) is 1. The molecule has 0 aromatic heterocycles. The van der Waals surface area contributed by atoms with E-state index in [0.29, 0.717) is 18.2 Å². The molecule has 1 saturated carbocycles. The fourth-order valence-electron chi connectivity index (χ4n) is 2.82. The summed E-state index contributed by atoms with van der Waals surface area (Å²) in [4.78, 5) is 11.9. The lowest BCUT2D eigenvalue weighted by Crippen LogP contribution is -2.52. The summed E-state index contributed by atoms with van der Waals surface area (Å²) < 4.78 is 0. The van der Waals surface area contributed by atoms with E-state index in [0.717, 1.165) is 32.1 Å². The van der Waals surface area contributed by atoms with E-state index in [-0.39, 0.29) is 11.4 Å². The van der Waals surface area contributed by atoms with Crippen molar-refractivity contribution in [1.82, 2.24) is 5.32 Å². The average Bonchev–Trinajstić information content (AvgIpc) is 2.29. The molecule has 1 N–H and O–H groups in total. The summed E-state index contributed by atoms with van der Waals surface area (Å²) in [6, 6.07) is 0. The Balaban J connectivity index is 2.42. The Labute approximate surface area is 110 Å². The third kappa shape index (κ3) is 4.87. The molecule has 2 nitrogen and oxygen atoms in total. The van der Waals surface area contributed by atoms with Crippen molar-refractivity contribution in [1.29, 1.82) is 0 Å². The van der Waals surface area contributed by atoms with Crippen LogP contribution in [0.5, 0.6) is 0 Å². The molecule has 1 aliphatic carbocycles. The van der Waals surface area contributed by atoms with Crippen LogP contribution in [-0.4, -0.2) is 17.3 Å². The highest BCUT2D eigenvalue weighted by Crippen LogP contribution is 2.33. The van der Waals surface area contributed by atoms with Gasteiger partial charge in [0.1, 0.15) is 0 Å². The lowest BCUT2D eigenvalue weighted by molar-refractivity contribution is -0.123. The Morgan fingerprint density at radius 3 is 2.82 bits per heavy atom. The van der Waals surface area contributed by atoms with Crippen LogP contribution in [0.2, 0.25) is 0 Å². The van der Waals surface area contributed by atoms with Crippen molar-refractivity contribution >= 4 is 17.5 Å². The summed E-state index contributed by atoms with van der Waals surface area (Å²) in [6.07, 6.45) is 8.48. The van der Waals surface area contributed by atoms with Crippen LogP contribution in [0.15, 0.2) is 0 Å². The normalized spacial score (nSPS) is 29.0. The van der Waals surface area contributed by atoms with Crippen molar-refractivity contribution < 1.29 is 4.79 Å². The highest BCUT2D eigenvalue weighted by molar-refractivity contribution is 6.18. The van der Waals surface area contributed by atoms with Crippen LogP contribution < -0.4 is 5.32 Å². The van der Waals surface area contributed by atoms with Crippen molar-refractivity contribution in [3.8, 4) is 0 Å². The van der Waals surface area contributed by atoms with Gasteiger partial charge in [-0.2, -0.15) is 0 Å². The minimum Gasteiger partial charge on any atom is -0.349 e. The van der Waals surface area contributed by atoms with Gasteiger partial charge in [-0.3, -0.25) is 4.79 Å². The Morgan fingerprint density at radius 2 is 2.24 bits per heavy atom. The summed E-state index contributed by atoms with van der Waals surface area (Å²) in [5, 5.41) is 3.20. The van der Waals surface area contributed by atoms with Gasteiger partial charge in [0.2, 0.25) is 5.91 Å². The van der Waals surface area contributed by atoms with E-state index in [1.807, 2.05) is 0 Å². The zero-order valence-corrected chi connectivity index (χ0v) is 12.0. The monoisotopic (exact) mass is 259 g/mol. The molecule has 2 unspecified atom stereocenters. The molecular formula is C14H26ClNO. The molecule has 0 aliphatic heterocycles. The quantitative estimate of drug-likeness (QED) is 0.569. The largest absolute Gasteiger partial charge is 0.349 e. The number of alkyl halides is 1. The first-order valence-corrected chi connectivity index (χ1v) is 7.52. The predicted octanol–water partition coefficient (Wildman–Crippen LogP) is 3.87. The first-order valence-electron chi connectivity index (χ1n) is 6.99. The number of carbonyl (C=O) groups excluding carboxylic acids is 1. The Kier molecular flexibility index (Phi) is 6.32. The fraction of sp³-hybridized carbons (Fsp3) is 0.929. The minimum atomic E-state index is -0.122. The molecule has 0 spiro atoms. The zero-order chi connectivity index (χ0) is 12.7. The molecule has 3 heteroatoms. The zero-order valence-electron chi connectivity index (χ0n) is 11.2. The van der Waals surface area contributed by atoms with Gasteiger partial charge in [0.25, 0.3) is 0 Å². The second kappa shape index (κ2) is 7.25. The van der Waals surface area contributed by atoms with Crippen LogP contribution in [0, 0.1) is 5.92 Å². The van der Waals surface area contributed by atoms with Crippen molar-refractivity contribution in [2.75, 3.05) is 5.88 Å². The fourth-order valence-corrected chi connectivity index (χ4v) is 3.13. The summed E-state index contributed by atoms with van der Waals surface area (Å²) in [7, 11) is 0. The van der Waals surface area contributed by atoms with Crippen molar-refractivity contribution in [2.24, 2.45) is 5.92 Å². The first-order chi connectivity index (χ1) is 8.12.